The summed E-state index contributed by atoms with van der Waals surface area (Å²) in [6.45, 7) is 10.7. The van der Waals surface area contributed by atoms with Crippen LogP contribution in [0, 0.1) is 0 Å². The van der Waals surface area contributed by atoms with Gasteiger partial charge in [-0.05, 0) is 33.3 Å². The molecule has 0 rings (SSSR count). The zero-order valence-corrected chi connectivity index (χ0v) is 12.0. The van der Waals surface area contributed by atoms with E-state index in [2.05, 4.69) is 17.2 Å². The van der Waals surface area contributed by atoms with Gasteiger partial charge in [0.1, 0.15) is 5.60 Å². The standard InChI is InChI=1S/C13H24N2O4/c1-5-11(16)14-8-10-18-9-6-7-15-12(17)19-13(2,3)4/h5H,1,6-10H2,2-4H3,(H,14,16)(H,15,17). The molecule has 0 spiro atoms. The zero-order chi connectivity index (χ0) is 14.7. The van der Waals surface area contributed by atoms with E-state index in [1.807, 2.05) is 20.8 Å². The molecule has 0 saturated heterocycles. The van der Waals surface area contributed by atoms with Crippen LogP contribution in [0.3, 0.4) is 0 Å². The molecule has 6 heteroatoms. The summed E-state index contributed by atoms with van der Waals surface area (Å²) in [5.41, 5.74) is -0.482. The average Bonchev–Trinajstić information content (AvgIpc) is 2.29. The van der Waals surface area contributed by atoms with E-state index in [-0.39, 0.29) is 5.91 Å². The van der Waals surface area contributed by atoms with Crippen molar-refractivity contribution in [3.63, 3.8) is 0 Å². The molecule has 0 aliphatic rings. The van der Waals surface area contributed by atoms with E-state index in [0.717, 1.165) is 0 Å². The van der Waals surface area contributed by atoms with Gasteiger partial charge in [-0.3, -0.25) is 4.79 Å². The first-order chi connectivity index (χ1) is 8.85. The SMILES string of the molecule is C=CC(=O)NCCOCCCNC(=O)OC(C)(C)C. The van der Waals surface area contributed by atoms with Crippen LogP contribution in [0.15, 0.2) is 12.7 Å². The van der Waals surface area contributed by atoms with Crippen LogP contribution >= 0.6 is 0 Å². The Labute approximate surface area is 114 Å². The van der Waals surface area contributed by atoms with Crippen LogP contribution in [0.4, 0.5) is 4.79 Å². The maximum absolute atomic E-state index is 11.3. The molecule has 0 atom stereocenters. The summed E-state index contributed by atoms with van der Waals surface area (Å²) in [5.74, 6) is -0.213. The Kier molecular flexibility index (Phi) is 8.61. The third-order valence-corrected chi connectivity index (χ3v) is 1.86. The molecule has 0 saturated carbocycles. The molecule has 0 aromatic heterocycles. The van der Waals surface area contributed by atoms with Crippen molar-refractivity contribution in [2.24, 2.45) is 0 Å². The fourth-order valence-electron chi connectivity index (χ4n) is 1.10. The quantitative estimate of drug-likeness (QED) is 0.514. The fourth-order valence-corrected chi connectivity index (χ4v) is 1.10. The second kappa shape index (κ2) is 9.38. The molecule has 0 aliphatic heterocycles. The normalized spacial score (nSPS) is 10.7. The summed E-state index contributed by atoms with van der Waals surface area (Å²) in [4.78, 5) is 22.1. The first kappa shape index (κ1) is 17.4. The Bertz CT molecular complexity index is 298. The van der Waals surface area contributed by atoms with Crippen LogP contribution in [-0.2, 0) is 14.3 Å². The fraction of sp³-hybridized carbons (Fsp3) is 0.692. The molecule has 2 N–H and O–H groups in total. The van der Waals surface area contributed by atoms with Gasteiger partial charge in [0.2, 0.25) is 5.91 Å². The van der Waals surface area contributed by atoms with Crippen LogP contribution in [0.2, 0.25) is 0 Å². The Balaban J connectivity index is 3.34. The van der Waals surface area contributed by atoms with Crippen LogP contribution in [0.5, 0.6) is 0 Å². The number of hydrogen-bond donors (Lipinski definition) is 2. The summed E-state index contributed by atoms with van der Waals surface area (Å²) in [6, 6.07) is 0. The molecular weight excluding hydrogens is 248 g/mol. The predicted molar refractivity (Wildman–Crippen MR) is 72.9 cm³/mol. The lowest BCUT2D eigenvalue weighted by atomic mass is 10.2. The van der Waals surface area contributed by atoms with Crippen molar-refractivity contribution in [3.05, 3.63) is 12.7 Å². The van der Waals surface area contributed by atoms with Gasteiger partial charge >= 0.3 is 6.09 Å². The van der Waals surface area contributed by atoms with Gasteiger partial charge in [-0.2, -0.15) is 0 Å². The lowest BCUT2D eigenvalue weighted by molar-refractivity contribution is -0.116. The van der Waals surface area contributed by atoms with E-state index in [1.54, 1.807) is 0 Å². The molecule has 0 aromatic rings. The van der Waals surface area contributed by atoms with Crippen LogP contribution in [0.1, 0.15) is 27.2 Å². The second-order valence-corrected chi connectivity index (χ2v) is 4.89. The van der Waals surface area contributed by atoms with Gasteiger partial charge < -0.3 is 20.1 Å². The van der Waals surface area contributed by atoms with Crippen molar-refractivity contribution in [1.29, 1.82) is 0 Å². The Morgan fingerprint density at radius 2 is 1.84 bits per heavy atom. The second-order valence-electron chi connectivity index (χ2n) is 4.89. The van der Waals surface area contributed by atoms with Crippen molar-refractivity contribution in [2.45, 2.75) is 32.8 Å². The van der Waals surface area contributed by atoms with E-state index in [9.17, 15) is 9.59 Å². The monoisotopic (exact) mass is 272 g/mol. The minimum Gasteiger partial charge on any atom is -0.444 e. The third-order valence-electron chi connectivity index (χ3n) is 1.86. The highest BCUT2D eigenvalue weighted by molar-refractivity contribution is 5.86. The van der Waals surface area contributed by atoms with E-state index in [1.165, 1.54) is 6.08 Å². The molecule has 2 amide bonds. The van der Waals surface area contributed by atoms with Crippen LogP contribution in [0.25, 0.3) is 0 Å². The van der Waals surface area contributed by atoms with Gasteiger partial charge in [0.25, 0.3) is 0 Å². The number of carbonyl (C=O) groups is 2. The van der Waals surface area contributed by atoms with E-state index in [4.69, 9.17) is 9.47 Å². The molecule has 0 heterocycles. The molecule has 0 fully saturated rings. The Morgan fingerprint density at radius 3 is 2.42 bits per heavy atom. The van der Waals surface area contributed by atoms with E-state index < -0.39 is 11.7 Å². The van der Waals surface area contributed by atoms with Crippen molar-refractivity contribution in [2.75, 3.05) is 26.3 Å². The van der Waals surface area contributed by atoms with Crippen LogP contribution in [-0.4, -0.2) is 43.9 Å². The summed E-state index contributed by atoms with van der Waals surface area (Å²) >= 11 is 0. The first-order valence-electron chi connectivity index (χ1n) is 6.30. The first-order valence-corrected chi connectivity index (χ1v) is 6.30. The molecule has 110 valence electrons. The number of amides is 2. The smallest absolute Gasteiger partial charge is 0.407 e. The minimum atomic E-state index is -0.482. The van der Waals surface area contributed by atoms with Crippen molar-refractivity contribution in [1.82, 2.24) is 10.6 Å². The van der Waals surface area contributed by atoms with Gasteiger partial charge in [-0.15, -0.1) is 0 Å². The van der Waals surface area contributed by atoms with E-state index in [0.29, 0.717) is 32.7 Å². The van der Waals surface area contributed by atoms with Crippen molar-refractivity contribution >= 4 is 12.0 Å². The van der Waals surface area contributed by atoms with Gasteiger partial charge in [-0.1, -0.05) is 6.58 Å². The summed E-state index contributed by atoms with van der Waals surface area (Å²) in [6.07, 6.45) is 1.48. The molecule has 0 bridgehead atoms. The minimum absolute atomic E-state index is 0.213. The Hall–Kier alpha value is -1.56. The zero-order valence-electron chi connectivity index (χ0n) is 12.0. The largest absolute Gasteiger partial charge is 0.444 e. The summed E-state index contributed by atoms with van der Waals surface area (Å²) < 4.78 is 10.3. The third kappa shape index (κ3) is 12.7. The molecule has 0 aromatic carbocycles. The predicted octanol–water partition coefficient (Wildman–Crippen LogP) is 1.22. The topological polar surface area (TPSA) is 76.7 Å². The number of nitrogens with one attached hydrogen (secondary N) is 2. The lowest BCUT2D eigenvalue weighted by Crippen LogP contribution is -2.33. The lowest BCUT2D eigenvalue weighted by Gasteiger charge is -2.19. The molecular formula is C13H24N2O4. The molecule has 6 nitrogen and oxygen atoms in total. The highest BCUT2D eigenvalue weighted by Crippen LogP contribution is 2.06. The molecule has 19 heavy (non-hydrogen) atoms. The van der Waals surface area contributed by atoms with Gasteiger partial charge in [0, 0.05) is 19.7 Å². The molecule has 0 aliphatic carbocycles. The maximum atomic E-state index is 11.3. The number of hydrogen-bond acceptors (Lipinski definition) is 4. The number of ether oxygens (including phenoxy) is 2. The maximum Gasteiger partial charge on any atom is 0.407 e. The van der Waals surface area contributed by atoms with E-state index >= 15 is 0 Å². The van der Waals surface area contributed by atoms with Gasteiger partial charge in [0.15, 0.2) is 0 Å². The Morgan fingerprint density at radius 1 is 1.16 bits per heavy atom. The van der Waals surface area contributed by atoms with Crippen molar-refractivity contribution < 1.29 is 19.1 Å². The number of alkyl carbamates (subject to hydrolysis) is 1. The average molecular weight is 272 g/mol. The highest BCUT2D eigenvalue weighted by Gasteiger charge is 2.15. The number of carbonyl (C=O) groups excluding carboxylic acids is 2. The van der Waals surface area contributed by atoms with Gasteiger partial charge in [0.05, 0.1) is 6.61 Å². The summed E-state index contributed by atoms with van der Waals surface area (Å²) in [5, 5.41) is 5.23. The van der Waals surface area contributed by atoms with Crippen molar-refractivity contribution in [3.8, 4) is 0 Å². The number of rotatable bonds is 8. The van der Waals surface area contributed by atoms with Gasteiger partial charge in [-0.25, -0.2) is 4.79 Å². The highest BCUT2D eigenvalue weighted by atomic mass is 16.6. The molecule has 0 radical (unpaired) electrons. The molecule has 0 unspecified atom stereocenters. The summed E-state index contributed by atoms with van der Waals surface area (Å²) in [7, 11) is 0. The van der Waals surface area contributed by atoms with Crippen LogP contribution < -0.4 is 10.6 Å².